The molecule has 0 fully saturated rings. The first-order chi connectivity index (χ1) is 18.9. The monoisotopic (exact) mass is 651 g/mol. The molecule has 4 rings (SSSR count). The molecule has 196 valence electrons. The van der Waals surface area contributed by atoms with Crippen LogP contribution in [0.2, 0.25) is 0 Å². The average Bonchev–Trinajstić information content (AvgIpc) is 2.94. The molecular formula is C30H23FIN3O3S. The molecule has 6 nitrogen and oxygen atoms in total. The zero-order valence-corrected chi connectivity index (χ0v) is 23.5. The van der Waals surface area contributed by atoms with Crippen LogP contribution in [0.1, 0.15) is 15.9 Å². The third kappa shape index (κ3) is 8.79. The molecule has 0 unspecified atom stereocenters. The minimum absolute atomic E-state index is 0.00887. The number of hydrogen-bond acceptors (Lipinski definition) is 4. The third-order valence-electron chi connectivity index (χ3n) is 5.30. The summed E-state index contributed by atoms with van der Waals surface area (Å²) in [5.74, 6) is -1.38. The highest BCUT2D eigenvalue weighted by Gasteiger charge is 2.15. The number of nitrogens with one attached hydrogen (secondary N) is 3. The van der Waals surface area contributed by atoms with Gasteiger partial charge in [-0.3, -0.25) is 14.4 Å². The molecule has 0 saturated heterocycles. The number of rotatable bonds is 9. The number of anilines is 2. The molecule has 9 heteroatoms. The van der Waals surface area contributed by atoms with Crippen LogP contribution in [-0.4, -0.2) is 23.5 Å². The third-order valence-corrected chi connectivity index (χ3v) is 7.01. The van der Waals surface area contributed by atoms with Gasteiger partial charge in [0.25, 0.3) is 11.8 Å². The second kappa shape index (κ2) is 13.7. The van der Waals surface area contributed by atoms with Gasteiger partial charge in [-0.15, -0.1) is 11.8 Å². The van der Waals surface area contributed by atoms with E-state index in [1.54, 1.807) is 48.5 Å². The molecule has 3 N–H and O–H groups in total. The van der Waals surface area contributed by atoms with E-state index in [9.17, 15) is 18.8 Å². The van der Waals surface area contributed by atoms with Crippen molar-refractivity contribution in [2.75, 3.05) is 16.4 Å². The second-order valence-corrected chi connectivity index (χ2v) is 10.5. The summed E-state index contributed by atoms with van der Waals surface area (Å²) < 4.78 is 14.5. The molecule has 0 aliphatic rings. The molecule has 0 aromatic heterocycles. The Balaban J connectivity index is 1.44. The predicted molar refractivity (Wildman–Crippen MR) is 162 cm³/mol. The maximum atomic E-state index is 13.4. The lowest BCUT2D eigenvalue weighted by Gasteiger charge is -2.12. The van der Waals surface area contributed by atoms with Crippen LogP contribution in [0.5, 0.6) is 0 Å². The lowest BCUT2D eigenvalue weighted by Crippen LogP contribution is -2.30. The van der Waals surface area contributed by atoms with Crippen LogP contribution in [-0.2, 0) is 9.59 Å². The van der Waals surface area contributed by atoms with Crippen LogP contribution in [0.3, 0.4) is 0 Å². The van der Waals surface area contributed by atoms with Crippen molar-refractivity contribution in [1.82, 2.24) is 5.32 Å². The lowest BCUT2D eigenvalue weighted by molar-refractivity contribution is -0.114. The first-order valence-electron chi connectivity index (χ1n) is 11.8. The highest BCUT2D eigenvalue weighted by Crippen LogP contribution is 2.23. The van der Waals surface area contributed by atoms with E-state index in [2.05, 4.69) is 38.5 Å². The number of amides is 3. The van der Waals surface area contributed by atoms with Gasteiger partial charge in [0.1, 0.15) is 11.5 Å². The molecule has 0 saturated carbocycles. The van der Waals surface area contributed by atoms with E-state index in [4.69, 9.17) is 0 Å². The smallest absolute Gasteiger partial charge is 0.272 e. The zero-order valence-electron chi connectivity index (χ0n) is 20.5. The van der Waals surface area contributed by atoms with Crippen molar-refractivity contribution in [3.63, 3.8) is 0 Å². The molecule has 0 heterocycles. The number of carbonyl (C=O) groups is 3. The van der Waals surface area contributed by atoms with Crippen LogP contribution in [0.15, 0.2) is 114 Å². The second-order valence-electron chi connectivity index (χ2n) is 8.26. The highest BCUT2D eigenvalue weighted by atomic mass is 127. The van der Waals surface area contributed by atoms with E-state index in [0.717, 1.165) is 14.2 Å². The molecular weight excluding hydrogens is 628 g/mol. The summed E-state index contributed by atoms with van der Waals surface area (Å²) in [6, 6.07) is 28.6. The van der Waals surface area contributed by atoms with E-state index in [1.807, 2.05) is 30.3 Å². The molecule has 0 aliphatic carbocycles. The summed E-state index contributed by atoms with van der Waals surface area (Å²) in [6.07, 6.45) is 1.48. The Morgan fingerprint density at radius 3 is 2.23 bits per heavy atom. The van der Waals surface area contributed by atoms with Gasteiger partial charge in [0.15, 0.2) is 0 Å². The van der Waals surface area contributed by atoms with E-state index in [1.165, 1.54) is 42.1 Å². The van der Waals surface area contributed by atoms with Crippen molar-refractivity contribution in [3.05, 3.63) is 129 Å². The van der Waals surface area contributed by atoms with Crippen molar-refractivity contribution in [2.24, 2.45) is 0 Å². The standard InChI is InChI=1S/C30H23FIN3O3S/c31-22-11-9-20(10-12-22)17-27(35-29(37)21-5-2-1-3-6-21)30(38)34-25-7-4-8-26(18-25)39-19-28(36)33-24-15-13-23(32)14-16-24/h1-18H,19H2,(H,33,36)(H,34,38)(H,35,37)/b27-17-. The Bertz CT molecular complexity index is 1490. The van der Waals surface area contributed by atoms with E-state index >= 15 is 0 Å². The fourth-order valence-electron chi connectivity index (χ4n) is 3.41. The van der Waals surface area contributed by atoms with Gasteiger partial charge in [0.2, 0.25) is 5.91 Å². The van der Waals surface area contributed by atoms with Crippen molar-refractivity contribution in [2.45, 2.75) is 4.90 Å². The summed E-state index contributed by atoms with van der Waals surface area (Å²) in [5, 5.41) is 8.30. The first-order valence-corrected chi connectivity index (χ1v) is 13.9. The van der Waals surface area contributed by atoms with Crippen molar-refractivity contribution >= 4 is 69.5 Å². The molecule has 39 heavy (non-hydrogen) atoms. The average molecular weight is 652 g/mol. The van der Waals surface area contributed by atoms with Gasteiger partial charge >= 0.3 is 0 Å². The van der Waals surface area contributed by atoms with E-state index in [-0.39, 0.29) is 17.4 Å². The predicted octanol–water partition coefficient (Wildman–Crippen LogP) is 6.57. The van der Waals surface area contributed by atoms with Crippen LogP contribution in [0, 0.1) is 9.39 Å². The number of carbonyl (C=O) groups excluding carboxylic acids is 3. The SMILES string of the molecule is O=C(CSc1cccc(NC(=O)/C(=C/c2ccc(F)cc2)NC(=O)c2ccccc2)c1)Nc1ccc(I)cc1. The molecule has 4 aromatic carbocycles. The van der Waals surface area contributed by atoms with Crippen LogP contribution < -0.4 is 16.0 Å². The Hall–Kier alpha value is -3.96. The maximum absolute atomic E-state index is 13.4. The van der Waals surface area contributed by atoms with Gasteiger partial charge in [-0.25, -0.2) is 4.39 Å². The van der Waals surface area contributed by atoms with Gasteiger partial charge in [-0.1, -0.05) is 36.4 Å². The van der Waals surface area contributed by atoms with Crippen molar-refractivity contribution in [1.29, 1.82) is 0 Å². The summed E-state index contributed by atoms with van der Waals surface area (Å²) >= 11 is 3.53. The number of hydrogen-bond donors (Lipinski definition) is 3. The summed E-state index contributed by atoms with van der Waals surface area (Å²) in [4.78, 5) is 39.1. The van der Waals surface area contributed by atoms with Crippen molar-refractivity contribution in [3.8, 4) is 0 Å². The quantitative estimate of drug-likeness (QED) is 0.109. The fourth-order valence-corrected chi connectivity index (χ4v) is 4.52. The topological polar surface area (TPSA) is 87.3 Å². The fraction of sp³-hybridized carbons (Fsp3) is 0.0333. The Labute approximate surface area is 243 Å². The minimum Gasteiger partial charge on any atom is -0.325 e. The summed E-state index contributed by atoms with van der Waals surface area (Å²) in [5.41, 5.74) is 2.13. The Morgan fingerprint density at radius 1 is 0.795 bits per heavy atom. The van der Waals surface area contributed by atoms with Crippen LogP contribution >= 0.6 is 34.4 Å². The van der Waals surface area contributed by atoms with Gasteiger partial charge in [-0.2, -0.15) is 0 Å². The van der Waals surface area contributed by atoms with Gasteiger partial charge < -0.3 is 16.0 Å². The van der Waals surface area contributed by atoms with E-state index in [0.29, 0.717) is 16.8 Å². The van der Waals surface area contributed by atoms with Gasteiger partial charge in [-0.05, 0) is 101 Å². The molecule has 0 bridgehead atoms. The van der Waals surface area contributed by atoms with Gasteiger partial charge in [0, 0.05) is 25.4 Å². The maximum Gasteiger partial charge on any atom is 0.272 e. The first kappa shape index (κ1) is 28.1. The summed E-state index contributed by atoms with van der Waals surface area (Å²) in [7, 11) is 0. The molecule has 4 aromatic rings. The number of thioether (sulfide) groups is 1. The normalized spacial score (nSPS) is 11.0. The molecule has 0 radical (unpaired) electrons. The number of halogens is 2. The van der Waals surface area contributed by atoms with Crippen molar-refractivity contribution < 1.29 is 18.8 Å². The molecule has 0 spiro atoms. The van der Waals surface area contributed by atoms with Crippen LogP contribution in [0.25, 0.3) is 6.08 Å². The largest absolute Gasteiger partial charge is 0.325 e. The van der Waals surface area contributed by atoms with Crippen LogP contribution in [0.4, 0.5) is 15.8 Å². The zero-order chi connectivity index (χ0) is 27.6. The molecule has 0 aliphatic heterocycles. The molecule has 0 atom stereocenters. The van der Waals surface area contributed by atoms with E-state index < -0.39 is 17.6 Å². The molecule has 3 amide bonds. The highest BCUT2D eigenvalue weighted by molar-refractivity contribution is 14.1. The summed E-state index contributed by atoms with van der Waals surface area (Å²) in [6.45, 7) is 0. The minimum atomic E-state index is -0.554. The van der Waals surface area contributed by atoms with Gasteiger partial charge in [0.05, 0.1) is 5.75 Å². The number of benzene rings is 4. The Kier molecular flexibility index (Phi) is 9.87. The lowest BCUT2D eigenvalue weighted by atomic mass is 10.1. The Morgan fingerprint density at radius 2 is 1.51 bits per heavy atom.